The van der Waals surface area contributed by atoms with Gasteiger partial charge in [-0.1, -0.05) is 6.92 Å². The molecule has 0 aromatic carbocycles. The van der Waals surface area contributed by atoms with Crippen LogP contribution in [0.3, 0.4) is 0 Å². The molecule has 0 bridgehead atoms. The van der Waals surface area contributed by atoms with E-state index in [-0.39, 0.29) is 24.6 Å². The molecular formula is C19H37N5O6. The minimum atomic E-state index is -1.12. The number of carbonyl (C=O) groups excluding carboxylic acids is 2. The number of ether oxygens (including phenoxy) is 3. The Hall–Kier alpha value is -1.34. The number of hydrogen-bond acceptors (Lipinski definition) is 9. The summed E-state index contributed by atoms with van der Waals surface area (Å²) in [6.45, 7) is 3.37. The van der Waals surface area contributed by atoms with E-state index in [1.165, 1.54) is 12.0 Å². The van der Waals surface area contributed by atoms with Gasteiger partial charge in [0.2, 0.25) is 12.3 Å². The quantitative estimate of drug-likeness (QED) is 0.235. The van der Waals surface area contributed by atoms with Crippen molar-refractivity contribution >= 4 is 12.3 Å². The van der Waals surface area contributed by atoms with Crippen molar-refractivity contribution in [2.45, 2.75) is 75.0 Å². The molecule has 2 fully saturated rings. The maximum atomic E-state index is 12.4. The molecule has 0 aromatic heterocycles. The fourth-order valence-corrected chi connectivity index (χ4v) is 4.14. The Morgan fingerprint density at radius 3 is 2.70 bits per heavy atom. The Morgan fingerprint density at radius 1 is 1.33 bits per heavy atom. The Labute approximate surface area is 177 Å². The second kappa shape index (κ2) is 11.9. The summed E-state index contributed by atoms with van der Waals surface area (Å²) in [5.41, 5.74) is 12.5. The van der Waals surface area contributed by atoms with Gasteiger partial charge in [-0.2, -0.15) is 0 Å². The van der Waals surface area contributed by atoms with E-state index in [1.807, 2.05) is 6.92 Å². The predicted molar refractivity (Wildman–Crippen MR) is 109 cm³/mol. The molecule has 8 atom stereocenters. The lowest BCUT2D eigenvalue weighted by Gasteiger charge is -2.48. The summed E-state index contributed by atoms with van der Waals surface area (Å²) in [5.74, 6) is -0.362. The fraction of sp³-hybridized carbons (Fsp3) is 0.895. The summed E-state index contributed by atoms with van der Waals surface area (Å²) < 4.78 is 17.6. The van der Waals surface area contributed by atoms with E-state index in [4.69, 9.17) is 25.7 Å². The minimum Gasteiger partial charge on any atom is -0.388 e. The molecule has 1 saturated carbocycles. The third-order valence-corrected chi connectivity index (χ3v) is 5.89. The van der Waals surface area contributed by atoms with Gasteiger partial charge in [0.1, 0.15) is 12.2 Å². The van der Waals surface area contributed by atoms with Crippen LogP contribution >= 0.6 is 0 Å². The maximum Gasteiger partial charge on any atom is 0.242 e. The highest BCUT2D eigenvalue weighted by molar-refractivity contribution is 5.80. The number of nitrogens with zero attached hydrogens (tertiary/aromatic N) is 1. The molecule has 1 aliphatic carbocycles. The van der Waals surface area contributed by atoms with Gasteiger partial charge in [-0.3, -0.25) is 9.59 Å². The zero-order valence-electron chi connectivity index (χ0n) is 18.0. The largest absolute Gasteiger partial charge is 0.388 e. The van der Waals surface area contributed by atoms with Gasteiger partial charge < -0.3 is 46.3 Å². The van der Waals surface area contributed by atoms with E-state index in [9.17, 15) is 14.7 Å². The van der Waals surface area contributed by atoms with Crippen LogP contribution in [0.4, 0.5) is 0 Å². The molecule has 0 radical (unpaired) electrons. The van der Waals surface area contributed by atoms with E-state index in [0.29, 0.717) is 19.4 Å². The van der Waals surface area contributed by atoms with E-state index >= 15 is 0 Å². The van der Waals surface area contributed by atoms with Crippen LogP contribution in [0.15, 0.2) is 0 Å². The van der Waals surface area contributed by atoms with E-state index in [0.717, 1.165) is 19.4 Å². The lowest BCUT2D eigenvalue weighted by atomic mass is 9.83. The lowest BCUT2D eigenvalue weighted by molar-refractivity contribution is -0.254. The monoisotopic (exact) mass is 431 g/mol. The van der Waals surface area contributed by atoms with Crippen molar-refractivity contribution in [1.82, 2.24) is 15.5 Å². The molecule has 0 aromatic rings. The average Bonchev–Trinajstić information content (AvgIpc) is 2.74. The Morgan fingerprint density at radius 2 is 2.07 bits per heavy atom. The molecule has 0 unspecified atom stereocenters. The predicted octanol–water partition coefficient (Wildman–Crippen LogP) is -2.51. The number of aliphatic hydroxyl groups excluding tert-OH is 1. The second-order valence-corrected chi connectivity index (χ2v) is 7.93. The van der Waals surface area contributed by atoms with Crippen molar-refractivity contribution in [1.29, 1.82) is 0 Å². The van der Waals surface area contributed by atoms with Gasteiger partial charge >= 0.3 is 0 Å². The third kappa shape index (κ3) is 6.10. The SMILES string of the molecule is CCNC[C@@H]1CC[C@@H](N)[C@@H](O[C@H]2[C@H](O)[C@H](N(C)C(=O)CNC=O)[C@@H](OC)C[C@@H]2N)O1. The first-order valence-corrected chi connectivity index (χ1v) is 10.5. The number of aliphatic hydroxyl groups is 1. The van der Waals surface area contributed by atoms with Crippen LogP contribution in [0.25, 0.3) is 0 Å². The third-order valence-electron chi connectivity index (χ3n) is 5.89. The number of methoxy groups -OCH3 is 1. The highest BCUT2D eigenvalue weighted by atomic mass is 16.7. The number of hydrogen-bond donors (Lipinski definition) is 5. The van der Waals surface area contributed by atoms with Gasteiger partial charge in [-0.15, -0.1) is 0 Å². The summed E-state index contributed by atoms with van der Waals surface area (Å²) in [6, 6.07) is -1.56. The average molecular weight is 432 g/mol. The first kappa shape index (κ1) is 24.9. The number of carbonyl (C=O) groups is 2. The summed E-state index contributed by atoms with van der Waals surface area (Å²) in [6.07, 6.45) is -0.741. The Bertz CT molecular complexity index is 554. The van der Waals surface area contributed by atoms with Crippen LogP contribution in [-0.4, -0.2) is 105 Å². The van der Waals surface area contributed by atoms with Crippen LogP contribution in [-0.2, 0) is 23.8 Å². The molecule has 2 rings (SSSR count). The molecule has 1 saturated heterocycles. The molecular weight excluding hydrogens is 394 g/mol. The minimum absolute atomic E-state index is 0.0344. The van der Waals surface area contributed by atoms with Crippen molar-refractivity contribution in [3.05, 3.63) is 0 Å². The van der Waals surface area contributed by atoms with Crippen molar-refractivity contribution < 1.29 is 28.9 Å². The summed E-state index contributed by atoms with van der Waals surface area (Å²) in [7, 11) is 3.06. The van der Waals surface area contributed by atoms with Crippen LogP contribution in [0, 0.1) is 0 Å². The Balaban J connectivity index is 2.10. The maximum absolute atomic E-state index is 12.4. The van der Waals surface area contributed by atoms with Gasteiger partial charge in [-0.25, -0.2) is 0 Å². The van der Waals surface area contributed by atoms with Crippen molar-refractivity contribution in [2.24, 2.45) is 11.5 Å². The molecule has 7 N–H and O–H groups in total. The van der Waals surface area contributed by atoms with Crippen LogP contribution in [0.1, 0.15) is 26.2 Å². The summed E-state index contributed by atoms with van der Waals surface area (Å²) in [5, 5.41) is 16.7. The summed E-state index contributed by atoms with van der Waals surface area (Å²) in [4.78, 5) is 24.3. The normalized spacial score (nSPS) is 36.9. The van der Waals surface area contributed by atoms with Crippen molar-refractivity contribution in [3.8, 4) is 0 Å². The molecule has 11 nitrogen and oxygen atoms in total. The first-order chi connectivity index (χ1) is 14.3. The number of likely N-dealkylation sites (N-methyl/N-ethyl adjacent to an activating group) is 2. The van der Waals surface area contributed by atoms with Gasteiger partial charge in [0.05, 0.1) is 30.8 Å². The van der Waals surface area contributed by atoms with E-state index in [1.54, 1.807) is 7.05 Å². The molecule has 1 aliphatic heterocycles. The highest BCUT2D eigenvalue weighted by Gasteiger charge is 2.48. The number of rotatable bonds is 10. The number of amides is 2. The van der Waals surface area contributed by atoms with E-state index < -0.39 is 36.7 Å². The second-order valence-electron chi connectivity index (χ2n) is 7.93. The van der Waals surface area contributed by atoms with Crippen LogP contribution < -0.4 is 22.1 Å². The van der Waals surface area contributed by atoms with Crippen LogP contribution in [0.2, 0.25) is 0 Å². The number of nitrogens with one attached hydrogen (secondary N) is 2. The zero-order valence-corrected chi connectivity index (χ0v) is 18.0. The molecule has 2 amide bonds. The fourth-order valence-electron chi connectivity index (χ4n) is 4.14. The van der Waals surface area contributed by atoms with Gasteiger partial charge in [0.25, 0.3) is 0 Å². The molecule has 0 spiro atoms. The molecule has 11 heteroatoms. The Kier molecular flexibility index (Phi) is 9.88. The van der Waals surface area contributed by atoms with Crippen molar-refractivity contribution in [3.63, 3.8) is 0 Å². The lowest BCUT2D eigenvalue weighted by Crippen LogP contribution is -2.67. The topological polar surface area (TPSA) is 161 Å². The van der Waals surface area contributed by atoms with Gasteiger partial charge in [0.15, 0.2) is 6.29 Å². The smallest absolute Gasteiger partial charge is 0.242 e. The molecule has 174 valence electrons. The molecule has 2 aliphatic rings. The van der Waals surface area contributed by atoms with Crippen LogP contribution in [0.5, 0.6) is 0 Å². The number of nitrogens with two attached hydrogens (primary N) is 2. The molecule has 1 heterocycles. The molecule has 30 heavy (non-hydrogen) atoms. The highest BCUT2D eigenvalue weighted by Crippen LogP contribution is 2.30. The van der Waals surface area contributed by atoms with Gasteiger partial charge in [0, 0.05) is 26.7 Å². The first-order valence-electron chi connectivity index (χ1n) is 10.5. The van der Waals surface area contributed by atoms with E-state index in [2.05, 4.69) is 10.6 Å². The van der Waals surface area contributed by atoms with Gasteiger partial charge in [-0.05, 0) is 25.8 Å². The summed E-state index contributed by atoms with van der Waals surface area (Å²) >= 11 is 0. The van der Waals surface area contributed by atoms with Crippen molar-refractivity contribution in [2.75, 3.05) is 33.8 Å². The standard InChI is InChI=1S/C19H37N5O6/c1-4-22-8-11-5-6-12(20)19(29-11)30-18-13(21)7-14(28-3)16(17(18)27)24(2)15(26)9-23-10-25/h10-14,16-19,22,27H,4-9,20-21H2,1-3H3,(H,23,25)/t11-,12+,13-,14-,16+,17+,18+,19+/m0/s1. The zero-order chi connectivity index (χ0) is 22.3.